The average molecular weight is 424 g/mol. The van der Waals surface area contributed by atoms with Crippen molar-refractivity contribution in [2.45, 2.75) is 12.9 Å². The third kappa shape index (κ3) is 5.58. The van der Waals surface area contributed by atoms with Gasteiger partial charge in [-0.2, -0.15) is 0 Å². The minimum Gasteiger partial charge on any atom is -0.404 e. The van der Waals surface area contributed by atoms with Gasteiger partial charge in [0.25, 0.3) is 5.56 Å². The SMILES string of the molecule is O=C(Cn1cnc(-c2ccc(Cl)cc2)cc1=O)Nc1ccccc1OC(F)(F)F. The van der Waals surface area contributed by atoms with Crippen molar-refractivity contribution in [3.05, 3.63) is 76.3 Å². The highest BCUT2D eigenvalue weighted by molar-refractivity contribution is 6.30. The molecule has 3 rings (SSSR count). The molecule has 0 saturated carbocycles. The van der Waals surface area contributed by atoms with Crippen LogP contribution in [0, 0.1) is 0 Å². The molecule has 3 aromatic rings. The summed E-state index contributed by atoms with van der Waals surface area (Å²) >= 11 is 5.82. The van der Waals surface area contributed by atoms with Crippen molar-refractivity contribution in [3.63, 3.8) is 0 Å². The first kappa shape index (κ1) is 20.4. The molecule has 2 aromatic carbocycles. The topological polar surface area (TPSA) is 73.2 Å². The summed E-state index contributed by atoms with van der Waals surface area (Å²) in [6.07, 6.45) is -3.72. The second kappa shape index (κ2) is 8.36. The minimum atomic E-state index is -4.90. The van der Waals surface area contributed by atoms with Crippen LogP contribution in [-0.2, 0) is 11.3 Å². The van der Waals surface area contributed by atoms with Crippen molar-refractivity contribution in [1.82, 2.24) is 9.55 Å². The molecule has 1 N–H and O–H groups in total. The third-order valence-corrected chi connectivity index (χ3v) is 3.97. The van der Waals surface area contributed by atoms with Crippen LogP contribution in [0.1, 0.15) is 0 Å². The van der Waals surface area contributed by atoms with Gasteiger partial charge in [-0.15, -0.1) is 13.2 Å². The first-order valence-electron chi connectivity index (χ1n) is 8.18. The number of rotatable bonds is 5. The normalized spacial score (nSPS) is 11.2. The van der Waals surface area contributed by atoms with Gasteiger partial charge < -0.3 is 10.1 Å². The zero-order chi connectivity index (χ0) is 21.0. The van der Waals surface area contributed by atoms with Gasteiger partial charge in [0, 0.05) is 16.7 Å². The molecular weight excluding hydrogens is 411 g/mol. The lowest BCUT2D eigenvalue weighted by atomic mass is 10.1. The van der Waals surface area contributed by atoms with Crippen LogP contribution in [0.5, 0.6) is 5.75 Å². The Labute approximate surface area is 167 Å². The van der Waals surface area contributed by atoms with Crippen molar-refractivity contribution in [3.8, 4) is 17.0 Å². The molecular formula is C19H13ClF3N3O3. The van der Waals surface area contributed by atoms with Gasteiger partial charge in [0.05, 0.1) is 17.7 Å². The molecule has 0 saturated heterocycles. The van der Waals surface area contributed by atoms with E-state index in [9.17, 15) is 22.8 Å². The molecule has 0 radical (unpaired) electrons. The number of carbonyl (C=O) groups is 1. The summed E-state index contributed by atoms with van der Waals surface area (Å²) < 4.78 is 42.3. The maximum atomic E-state index is 12.5. The summed E-state index contributed by atoms with van der Waals surface area (Å²) in [5.74, 6) is -1.27. The zero-order valence-corrected chi connectivity index (χ0v) is 15.4. The second-order valence-corrected chi connectivity index (χ2v) is 6.28. The molecule has 29 heavy (non-hydrogen) atoms. The average Bonchev–Trinajstić information content (AvgIpc) is 2.64. The molecule has 0 spiro atoms. The summed E-state index contributed by atoms with van der Waals surface area (Å²) in [4.78, 5) is 28.6. The Morgan fingerprint density at radius 2 is 1.83 bits per heavy atom. The summed E-state index contributed by atoms with van der Waals surface area (Å²) in [5.41, 5.74) is 0.391. The van der Waals surface area contributed by atoms with Crippen LogP contribution in [0.25, 0.3) is 11.3 Å². The lowest BCUT2D eigenvalue weighted by Gasteiger charge is -2.14. The van der Waals surface area contributed by atoms with Crippen LogP contribution in [-0.4, -0.2) is 21.8 Å². The largest absolute Gasteiger partial charge is 0.573 e. The maximum absolute atomic E-state index is 12.5. The Morgan fingerprint density at radius 1 is 1.14 bits per heavy atom. The lowest BCUT2D eigenvalue weighted by Crippen LogP contribution is -2.28. The van der Waals surface area contributed by atoms with Crippen molar-refractivity contribution in [2.75, 3.05) is 5.32 Å². The number of hydrogen-bond acceptors (Lipinski definition) is 4. The van der Waals surface area contributed by atoms with Gasteiger partial charge in [0.1, 0.15) is 6.54 Å². The Balaban J connectivity index is 1.73. The Hall–Kier alpha value is -3.33. The summed E-state index contributed by atoms with van der Waals surface area (Å²) in [6, 6.07) is 13.0. The van der Waals surface area contributed by atoms with Gasteiger partial charge in [0.2, 0.25) is 5.91 Å². The molecule has 1 amide bonds. The van der Waals surface area contributed by atoms with Crippen LogP contribution in [0.2, 0.25) is 5.02 Å². The Bertz CT molecular complexity index is 1080. The highest BCUT2D eigenvalue weighted by Gasteiger charge is 2.32. The molecule has 0 atom stereocenters. The van der Waals surface area contributed by atoms with Crippen molar-refractivity contribution >= 4 is 23.2 Å². The van der Waals surface area contributed by atoms with E-state index >= 15 is 0 Å². The predicted molar refractivity (Wildman–Crippen MR) is 101 cm³/mol. The molecule has 1 heterocycles. The van der Waals surface area contributed by atoms with Gasteiger partial charge in [-0.1, -0.05) is 35.9 Å². The van der Waals surface area contributed by atoms with E-state index in [1.54, 1.807) is 24.3 Å². The second-order valence-electron chi connectivity index (χ2n) is 5.84. The van der Waals surface area contributed by atoms with E-state index in [1.807, 2.05) is 0 Å². The molecule has 6 nitrogen and oxygen atoms in total. The van der Waals surface area contributed by atoms with E-state index in [2.05, 4.69) is 15.0 Å². The van der Waals surface area contributed by atoms with Crippen LogP contribution in [0.15, 0.2) is 65.7 Å². The number of carbonyl (C=O) groups excluding carboxylic acids is 1. The van der Waals surface area contributed by atoms with Crippen molar-refractivity contribution < 1.29 is 22.7 Å². The van der Waals surface area contributed by atoms with E-state index in [-0.39, 0.29) is 5.69 Å². The lowest BCUT2D eigenvalue weighted by molar-refractivity contribution is -0.274. The van der Waals surface area contributed by atoms with E-state index in [0.717, 1.165) is 10.6 Å². The fourth-order valence-electron chi connectivity index (χ4n) is 2.45. The zero-order valence-electron chi connectivity index (χ0n) is 14.6. The van der Waals surface area contributed by atoms with Gasteiger partial charge in [-0.3, -0.25) is 14.2 Å². The number of anilines is 1. The minimum absolute atomic E-state index is 0.173. The first-order valence-corrected chi connectivity index (χ1v) is 8.56. The fourth-order valence-corrected chi connectivity index (χ4v) is 2.58. The van der Waals surface area contributed by atoms with Crippen molar-refractivity contribution in [2.24, 2.45) is 0 Å². The number of nitrogens with one attached hydrogen (secondary N) is 1. The van der Waals surface area contributed by atoms with Crippen molar-refractivity contribution in [1.29, 1.82) is 0 Å². The molecule has 0 unspecified atom stereocenters. The molecule has 0 bridgehead atoms. The van der Waals surface area contributed by atoms with E-state index in [0.29, 0.717) is 16.3 Å². The number of benzene rings is 2. The number of nitrogens with zero attached hydrogens (tertiary/aromatic N) is 2. The number of para-hydroxylation sites is 2. The number of ether oxygens (including phenoxy) is 1. The molecule has 10 heteroatoms. The highest BCUT2D eigenvalue weighted by Crippen LogP contribution is 2.29. The van der Waals surface area contributed by atoms with Gasteiger partial charge in [0.15, 0.2) is 5.75 Å². The predicted octanol–water partition coefficient (Wildman–Crippen LogP) is 4.10. The molecule has 0 aliphatic carbocycles. The maximum Gasteiger partial charge on any atom is 0.573 e. The molecule has 1 aromatic heterocycles. The number of halogens is 4. The van der Waals surface area contributed by atoms with E-state index in [1.165, 1.54) is 30.6 Å². The third-order valence-electron chi connectivity index (χ3n) is 3.72. The van der Waals surface area contributed by atoms with E-state index in [4.69, 9.17) is 11.6 Å². The number of aromatic nitrogens is 2. The molecule has 0 aliphatic heterocycles. The summed E-state index contributed by atoms with van der Waals surface area (Å²) in [7, 11) is 0. The summed E-state index contributed by atoms with van der Waals surface area (Å²) in [5, 5.41) is 2.83. The van der Waals surface area contributed by atoms with Crippen LogP contribution in [0.3, 0.4) is 0 Å². The number of alkyl halides is 3. The van der Waals surface area contributed by atoms with Gasteiger partial charge in [-0.05, 0) is 24.3 Å². The number of hydrogen-bond donors (Lipinski definition) is 1. The smallest absolute Gasteiger partial charge is 0.404 e. The first-order chi connectivity index (χ1) is 13.7. The van der Waals surface area contributed by atoms with Gasteiger partial charge >= 0.3 is 6.36 Å². The Morgan fingerprint density at radius 3 is 2.48 bits per heavy atom. The quantitative estimate of drug-likeness (QED) is 0.670. The Kier molecular flexibility index (Phi) is 5.88. The van der Waals surface area contributed by atoms with Crippen LogP contribution < -0.4 is 15.6 Å². The summed E-state index contributed by atoms with van der Waals surface area (Å²) in [6.45, 7) is -0.437. The van der Waals surface area contributed by atoms with Gasteiger partial charge in [-0.25, -0.2) is 4.98 Å². The number of amides is 1. The van der Waals surface area contributed by atoms with Crippen LogP contribution in [0.4, 0.5) is 18.9 Å². The van der Waals surface area contributed by atoms with E-state index < -0.39 is 30.1 Å². The van der Waals surface area contributed by atoms with Crippen LogP contribution >= 0.6 is 11.6 Å². The highest BCUT2D eigenvalue weighted by atomic mass is 35.5. The standard InChI is InChI=1S/C19H13ClF3N3O3/c20-13-7-5-12(6-8-13)15-9-18(28)26(11-24-15)10-17(27)25-14-3-1-2-4-16(14)29-19(21,22)23/h1-9,11H,10H2,(H,25,27). The fraction of sp³-hybridized carbons (Fsp3) is 0.105. The monoisotopic (exact) mass is 423 g/mol. The molecule has 0 fully saturated rings. The molecule has 150 valence electrons. The molecule has 0 aliphatic rings.